The largest absolute Gasteiger partial charge is 0.305 e. The molecule has 0 fully saturated rings. The van der Waals surface area contributed by atoms with Crippen LogP contribution in [0.3, 0.4) is 0 Å². The molecule has 0 aliphatic rings. The van der Waals surface area contributed by atoms with Crippen LogP contribution in [0.5, 0.6) is 0 Å². The van der Waals surface area contributed by atoms with Gasteiger partial charge in [-0.15, -0.1) is 6.42 Å². The van der Waals surface area contributed by atoms with Gasteiger partial charge in [-0.1, -0.05) is 17.3 Å². The molecule has 0 aliphatic carbocycles. The molecule has 0 spiro atoms. The number of thiazole rings is 1. The summed E-state index contributed by atoms with van der Waals surface area (Å²) in [6.07, 6.45) is 6.57. The summed E-state index contributed by atoms with van der Waals surface area (Å²) in [7, 11) is -4.16. The minimum absolute atomic E-state index is 0.0617. The number of carbonyl (C=O) groups is 1. The molecule has 3 rings (SSSR count). The highest BCUT2D eigenvalue weighted by atomic mass is 32.2. The van der Waals surface area contributed by atoms with E-state index < -0.39 is 25.8 Å². The summed E-state index contributed by atoms with van der Waals surface area (Å²) in [6.45, 7) is 0.143. The lowest BCUT2D eigenvalue weighted by atomic mass is 10.2. The number of rotatable bonds is 5. The highest BCUT2D eigenvalue weighted by molar-refractivity contribution is 7.90. The molecule has 0 saturated carbocycles. The second-order valence-electron chi connectivity index (χ2n) is 6.81. The summed E-state index contributed by atoms with van der Waals surface area (Å²) in [5, 5.41) is 0. The van der Waals surface area contributed by atoms with Crippen LogP contribution >= 0.6 is 11.3 Å². The summed E-state index contributed by atoms with van der Waals surface area (Å²) in [5.74, 6) is 1.93. The van der Waals surface area contributed by atoms with Gasteiger partial charge in [-0.05, 0) is 42.5 Å². The minimum atomic E-state index is -3.61. The number of amides is 1. The molecule has 31 heavy (non-hydrogen) atoms. The Morgan fingerprint density at radius 3 is 2.26 bits per heavy atom. The number of aromatic nitrogens is 1. The monoisotopic (exact) mass is 477 g/mol. The number of fused-ring (bicyclic) bond motifs is 1. The number of nitrogens with zero attached hydrogens (tertiary/aromatic N) is 3. The van der Waals surface area contributed by atoms with Gasteiger partial charge >= 0.3 is 0 Å². The van der Waals surface area contributed by atoms with E-state index in [-0.39, 0.29) is 21.9 Å². The van der Waals surface area contributed by atoms with Crippen LogP contribution in [0, 0.1) is 12.3 Å². The maximum Gasteiger partial charge on any atom is 0.279 e. The van der Waals surface area contributed by atoms with Gasteiger partial charge in [0.25, 0.3) is 5.91 Å². The minimum Gasteiger partial charge on any atom is -0.305 e. The van der Waals surface area contributed by atoms with Gasteiger partial charge in [0, 0.05) is 25.9 Å². The van der Waals surface area contributed by atoms with Crippen molar-refractivity contribution in [1.29, 1.82) is 0 Å². The van der Waals surface area contributed by atoms with Gasteiger partial charge in [0.2, 0.25) is 10.0 Å². The Kier molecular flexibility index (Phi) is 6.20. The van der Waals surface area contributed by atoms with E-state index in [1.807, 2.05) is 0 Å². The molecule has 0 radical (unpaired) electrons. The first-order valence-corrected chi connectivity index (χ1v) is 13.0. The summed E-state index contributed by atoms with van der Waals surface area (Å²) < 4.78 is 51.4. The Balaban J connectivity index is 2.08. The smallest absolute Gasteiger partial charge is 0.279 e. The van der Waals surface area contributed by atoms with Gasteiger partial charge in [0.15, 0.2) is 14.6 Å². The summed E-state index contributed by atoms with van der Waals surface area (Å²) in [4.78, 5) is 17.4. The SMILES string of the molecule is C#CCn1c(=NC(=O)c2ccc(S(=O)(=O)N(C)C)cc2)sc2cc(S(C)(=O)=O)ccc21. The molecule has 0 unspecified atom stereocenters. The fraction of sp³-hybridized carbons (Fsp3) is 0.200. The molecular weight excluding hydrogens is 458 g/mol. The predicted octanol–water partition coefficient (Wildman–Crippen LogP) is 1.73. The molecule has 162 valence electrons. The van der Waals surface area contributed by atoms with Crippen molar-refractivity contribution in [2.75, 3.05) is 20.4 Å². The zero-order valence-corrected chi connectivity index (χ0v) is 19.4. The fourth-order valence-electron chi connectivity index (χ4n) is 2.75. The molecule has 1 heterocycles. The molecule has 3 aromatic rings. The van der Waals surface area contributed by atoms with Crippen LogP contribution in [-0.2, 0) is 26.4 Å². The number of hydrogen-bond acceptors (Lipinski definition) is 6. The van der Waals surface area contributed by atoms with E-state index >= 15 is 0 Å². The van der Waals surface area contributed by atoms with Crippen molar-refractivity contribution >= 4 is 47.3 Å². The normalized spacial score (nSPS) is 12.9. The number of benzene rings is 2. The van der Waals surface area contributed by atoms with Crippen molar-refractivity contribution in [2.45, 2.75) is 16.3 Å². The van der Waals surface area contributed by atoms with E-state index in [1.54, 1.807) is 10.6 Å². The molecule has 1 aromatic heterocycles. The Morgan fingerprint density at radius 2 is 1.71 bits per heavy atom. The number of sulfone groups is 1. The molecule has 0 saturated heterocycles. The van der Waals surface area contributed by atoms with Crippen molar-refractivity contribution in [3.63, 3.8) is 0 Å². The summed E-state index contributed by atoms with van der Waals surface area (Å²) >= 11 is 1.14. The molecule has 2 aromatic carbocycles. The first-order chi connectivity index (χ1) is 14.4. The Hall–Kier alpha value is -2.78. The van der Waals surface area contributed by atoms with E-state index in [2.05, 4.69) is 10.9 Å². The first kappa shape index (κ1) is 22.9. The van der Waals surface area contributed by atoms with E-state index in [4.69, 9.17) is 6.42 Å². The molecule has 0 N–H and O–H groups in total. The lowest BCUT2D eigenvalue weighted by Crippen LogP contribution is -2.22. The first-order valence-electron chi connectivity index (χ1n) is 8.83. The molecule has 8 nitrogen and oxygen atoms in total. The predicted molar refractivity (Wildman–Crippen MR) is 119 cm³/mol. The van der Waals surface area contributed by atoms with E-state index in [9.17, 15) is 21.6 Å². The second-order valence-corrected chi connectivity index (χ2v) is 12.0. The van der Waals surface area contributed by atoms with Crippen molar-refractivity contribution in [3.05, 3.63) is 52.8 Å². The lowest BCUT2D eigenvalue weighted by molar-refractivity contribution is 0.0997. The van der Waals surface area contributed by atoms with Crippen LogP contribution in [0.25, 0.3) is 10.2 Å². The molecule has 0 aliphatic heterocycles. The van der Waals surface area contributed by atoms with E-state index in [0.29, 0.717) is 15.0 Å². The third-order valence-electron chi connectivity index (χ3n) is 4.41. The topological polar surface area (TPSA) is 106 Å². The number of sulfonamides is 1. The molecule has 1 amide bonds. The highest BCUT2D eigenvalue weighted by Gasteiger charge is 2.18. The van der Waals surface area contributed by atoms with Crippen LogP contribution < -0.4 is 4.80 Å². The molecule has 11 heteroatoms. The summed E-state index contributed by atoms with van der Waals surface area (Å²) in [6, 6.07) is 10.1. The van der Waals surface area contributed by atoms with Gasteiger partial charge < -0.3 is 4.57 Å². The van der Waals surface area contributed by atoms with Crippen molar-refractivity contribution in [1.82, 2.24) is 8.87 Å². The number of terminal acetylenes is 1. The van der Waals surface area contributed by atoms with Crippen molar-refractivity contribution in [2.24, 2.45) is 4.99 Å². The van der Waals surface area contributed by atoms with Crippen molar-refractivity contribution < 1.29 is 21.6 Å². The third kappa shape index (κ3) is 4.62. The van der Waals surface area contributed by atoms with Gasteiger partial charge in [-0.25, -0.2) is 21.1 Å². The van der Waals surface area contributed by atoms with Crippen LogP contribution in [0.2, 0.25) is 0 Å². The van der Waals surface area contributed by atoms with Gasteiger partial charge in [0.05, 0.1) is 26.6 Å². The quantitative estimate of drug-likeness (QED) is 0.521. The standard InChI is InChI=1S/C20H19N3O5S3/c1-5-12-23-17-11-10-16(30(4,25)26)13-18(17)29-20(23)21-19(24)14-6-8-15(9-7-14)31(27,28)22(2)3/h1,6-11,13H,12H2,2-4H3. The van der Waals surface area contributed by atoms with Crippen LogP contribution in [0.15, 0.2) is 57.2 Å². The Bertz CT molecular complexity index is 1490. The zero-order valence-electron chi connectivity index (χ0n) is 16.9. The van der Waals surface area contributed by atoms with Gasteiger partial charge in [0.1, 0.15) is 0 Å². The average molecular weight is 478 g/mol. The highest BCUT2D eigenvalue weighted by Crippen LogP contribution is 2.22. The second kappa shape index (κ2) is 8.39. The van der Waals surface area contributed by atoms with Crippen LogP contribution in [-0.4, -0.2) is 52.0 Å². The fourth-order valence-corrected chi connectivity index (χ4v) is 5.44. The number of hydrogen-bond donors (Lipinski definition) is 0. The van der Waals surface area contributed by atoms with Gasteiger partial charge in [-0.2, -0.15) is 4.99 Å². The maximum atomic E-state index is 12.7. The average Bonchev–Trinajstić information content (AvgIpc) is 3.04. The van der Waals surface area contributed by atoms with Gasteiger partial charge in [-0.3, -0.25) is 4.79 Å². The Labute approximate surface area is 184 Å². The van der Waals surface area contributed by atoms with Crippen LogP contribution in [0.1, 0.15) is 10.4 Å². The maximum absolute atomic E-state index is 12.7. The lowest BCUT2D eigenvalue weighted by Gasteiger charge is -2.11. The van der Waals surface area contributed by atoms with E-state index in [1.165, 1.54) is 50.5 Å². The third-order valence-corrected chi connectivity index (χ3v) is 8.39. The molecular formula is C20H19N3O5S3. The molecule has 0 bridgehead atoms. The molecule has 0 atom stereocenters. The van der Waals surface area contributed by atoms with Crippen molar-refractivity contribution in [3.8, 4) is 12.3 Å². The van der Waals surface area contributed by atoms with Crippen LogP contribution in [0.4, 0.5) is 0 Å². The Morgan fingerprint density at radius 1 is 1.10 bits per heavy atom. The summed E-state index contributed by atoms with van der Waals surface area (Å²) in [5.41, 5.74) is 0.869. The van der Waals surface area contributed by atoms with E-state index in [0.717, 1.165) is 21.9 Å². The zero-order chi connectivity index (χ0) is 23.0. The number of carbonyl (C=O) groups excluding carboxylic acids is 1.